The highest BCUT2D eigenvalue weighted by atomic mass is 16.4. The van der Waals surface area contributed by atoms with Gasteiger partial charge >= 0.3 is 0 Å². The number of aliphatic hydroxyl groups excluding tert-OH is 1. The van der Waals surface area contributed by atoms with Crippen LogP contribution in [-0.4, -0.2) is 46.7 Å². The number of nitrogens with zero attached hydrogens (tertiary/aromatic N) is 2. The second-order valence-corrected chi connectivity index (χ2v) is 3.72. The van der Waals surface area contributed by atoms with Gasteiger partial charge in [0, 0.05) is 13.1 Å². The standard InChI is InChI=1S/C9H19N3O3/c1-4-12(5-6-13)8(14)9(2,3)7(10)11-15/h13,15H,4-6H2,1-3H3,(H2,10,11). The van der Waals surface area contributed by atoms with Gasteiger partial charge in [0.05, 0.1) is 6.61 Å². The number of likely N-dealkylation sites (N-methyl/N-ethyl adjacent to an activating group) is 1. The molecule has 0 spiro atoms. The topological polar surface area (TPSA) is 99.2 Å². The molecule has 6 nitrogen and oxygen atoms in total. The highest BCUT2D eigenvalue weighted by molar-refractivity contribution is 6.05. The van der Waals surface area contributed by atoms with Crippen molar-refractivity contribution in [2.24, 2.45) is 16.3 Å². The number of amides is 1. The van der Waals surface area contributed by atoms with E-state index in [2.05, 4.69) is 5.16 Å². The molecule has 0 saturated carbocycles. The number of hydrogen-bond donors (Lipinski definition) is 3. The van der Waals surface area contributed by atoms with Gasteiger partial charge in [0.1, 0.15) is 5.41 Å². The Balaban J connectivity index is 4.80. The number of amidine groups is 1. The molecule has 0 aliphatic heterocycles. The Bertz CT molecular complexity index is 251. The molecule has 0 radical (unpaired) electrons. The summed E-state index contributed by atoms with van der Waals surface area (Å²) in [5, 5.41) is 20.2. The Morgan fingerprint density at radius 3 is 2.40 bits per heavy atom. The quantitative estimate of drug-likeness (QED) is 0.252. The lowest BCUT2D eigenvalue weighted by atomic mass is 9.90. The molecular formula is C9H19N3O3. The summed E-state index contributed by atoms with van der Waals surface area (Å²) in [6, 6.07) is 0. The zero-order chi connectivity index (χ0) is 12.1. The van der Waals surface area contributed by atoms with Gasteiger partial charge in [0.2, 0.25) is 5.91 Å². The number of oxime groups is 1. The summed E-state index contributed by atoms with van der Waals surface area (Å²) in [5.41, 5.74) is 4.37. The Kier molecular flexibility index (Phi) is 5.07. The molecule has 0 aliphatic carbocycles. The van der Waals surface area contributed by atoms with Crippen LogP contribution in [-0.2, 0) is 4.79 Å². The van der Waals surface area contributed by atoms with Gasteiger partial charge in [0.15, 0.2) is 5.84 Å². The first-order valence-corrected chi connectivity index (χ1v) is 4.80. The Morgan fingerprint density at radius 1 is 1.53 bits per heavy atom. The SMILES string of the molecule is CCN(CCO)C(=O)C(C)(C)C(N)=NO. The summed E-state index contributed by atoms with van der Waals surface area (Å²) in [4.78, 5) is 13.4. The molecule has 0 aromatic carbocycles. The number of nitrogens with two attached hydrogens (primary N) is 1. The zero-order valence-corrected chi connectivity index (χ0v) is 9.40. The summed E-state index contributed by atoms with van der Waals surface area (Å²) < 4.78 is 0. The Hall–Kier alpha value is -1.30. The van der Waals surface area contributed by atoms with Crippen molar-refractivity contribution in [2.45, 2.75) is 20.8 Å². The third kappa shape index (κ3) is 3.09. The van der Waals surface area contributed by atoms with Crippen LogP contribution in [0.25, 0.3) is 0 Å². The molecule has 15 heavy (non-hydrogen) atoms. The van der Waals surface area contributed by atoms with Gasteiger partial charge in [0.25, 0.3) is 0 Å². The third-order valence-electron chi connectivity index (χ3n) is 2.32. The second-order valence-electron chi connectivity index (χ2n) is 3.72. The lowest BCUT2D eigenvalue weighted by Gasteiger charge is -2.29. The average Bonchev–Trinajstić information content (AvgIpc) is 2.23. The van der Waals surface area contributed by atoms with E-state index in [1.165, 1.54) is 4.90 Å². The van der Waals surface area contributed by atoms with E-state index >= 15 is 0 Å². The number of rotatable bonds is 5. The van der Waals surface area contributed by atoms with Crippen molar-refractivity contribution in [1.82, 2.24) is 4.90 Å². The third-order valence-corrected chi connectivity index (χ3v) is 2.32. The fraction of sp³-hybridized carbons (Fsp3) is 0.778. The summed E-state index contributed by atoms with van der Waals surface area (Å²) in [7, 11) is 0. The number of hydrogen-bond acceptors (Lipinski definition) is 4. The van der Waals surface area contributed by atoms with Crippen molar-refractivity contribution in [2.75, 3.05) is 19.7 Å². The predicted molar refractivity (Wildman–Crippen MR) is 56.5 cm³/mol. The molecule has 1 amide bonds. The lowest BCUT2D eigenvalue weighted by molar-refractivity contribution is -0.137. The van der Waals surface area contributed by atoms with Crippen LogP contribution < -0.4 is 5.73 Å². The molecule has 4 N–H and O–H groups in total. The van der Waals surface area contributed by atoms with Crippen molar-refractivity contribution in [1.29, 1.82) is 0 Å². The summed E-state index contributed by atoms with van der Waals surface area (Å²) in [5.74, 6) is -0.404. The first-order valence-electron chi connectivity index (χ1n) is 4.80. The van der Waals surface area contributed by atoms with Gasteiger partial charge in [-0.1, -0.05) is 5.16 Å². The van der Waals surface area contributed by atoms with Crippen molar-refractivity contribution >= 4 is 11.7 Å². The van der Waals surface area contributed by atoms with Crippen LogP contribution in [0.2, 0.25) is 0 Å². The van der Waals surface area contributed by atoms with E-state index in [1.807, 2.05) is 0 Å². The van der Waals surface area contributed by atoms with Gasteiger partial charge in [-0.25, -0.2) is 0 Å². The highest BCUT2D eigenvalue weighted by Gasteiger charge is 2.35. The summed E-state index contributed by atoms with van der Waals surface area (Å²) >= 11 is 0. The maximum absolute atomic E-state index is 11.9. The van der Waals surface area contributed by atoms with E-state index in [1.54, 1.807) is 20.8 Å². The van der Waals surface area contributed by atoms with E-state index in [-0.39, 0.29) is 24.9 Å². The molecule has 0 atom stereocenters. The molecule has 0 bridgehead atoms. The van der Waals surface area contributed by atoms with Crippen LogP contribution in [0.3, 0.4) is 0 Å². The highest BCUT2D eigenvalue weighted by Crippen LogP contribution is 2.18. The molecule has 6 heteroatoms. The normalized spacial score (nSPS) is 12.7. The van der Waals surface area contributed by atoms with Gasteiger partial charge in [-0.05, 0) is 20.8 Å². The average molecular weight is 217 g/mol. The fourth-order valence-corrected chi connectivity index (χ4v) is 1.15. The fourth-order valence-electron chi connectivity index (χ4n) is 1.15. The summed E-state index contributed by atoms with van der Waals surface area (Å²) in [6.07, 6.45) is 0. The maximum Gasteiger partial charge on any atom is 0.236 e. The van der Waals surface area contributed by atoms with Crippen molar-refractivity contribution in [3.63, 3.8) is 0 Å². The van der Waals surface area contributed by atoms with E-state index in [0.29, 0.717) is 6.54 Å². The van der Waals surface area contributed by atoms with Crippen LogP contribution in [0.4, 0.5) is 0 Å². The van der Waals surface area contributed by atoms with E-state index in [9.17, 15) is 4.79 Å². The number of aliphatic hydroxyl groups is 1. The molecule has 0 unspecified atom stereocenters. The predicted octanol–water partition coefficient (Wildman–Crippen LogP) is -0.400. The van der Waals surface area contributed by atoms with E-state index in [4.69, 9.17) is 16.0 Å². The molecule has 0 heterocycles. The smallest absolute Gasteiger partial charge is 0.236 e. The minimum atomic E-state index is -1.06. The number of carbonyl (C=O) groups is 1. The Labute approximate surface area is 89.4 Å². The molecular weight excluding hydrogens is 198 g/mol. The molecule has 0 aromatic rings. The molecule has 0 aliphatic rings. The minimum Gasteiger partial charge on any atom is -0.409 e. The first-order chi connectivity index (χ1) is 6.91. The molecule has 0 aromatic heterocycles. The van der Waals surface area contributed by atoms with Crippen LogP contribution in [0.5, 0.6) is 0 Å². The van der Waals surface area contributed by atoms with Crippen LogP contribution in [0.1, 0.15) is 20.8 Å². The van der Waals surface area contributed by atoms with E-state index in [0.717, 1.165) is 0 Å². The number of carbonyl (C=O) groups excluding carboxylic acids is 1. The van der Waals surface area contributed by atoms with Crippen LogP contribution >= 0.6 is 0 Å². The largest absolute Gasteiger partial charge is 0.409 e. The van der Waals surface area contributed by atoms with Crippen molar-refractivity contribution in [3.05, 3.63) is 0 Å². The Morgan fingerprint density at radius 2 is 2.07 bits per heavy atom. The monoisotopic (exact) mass is 217 g/mol. The van der Waals surface area contributed by atoms with Gasteiger partial charge in [-0.3, -0.25) is 4.79 Å². The van der Waals surface area contributed by atoms with Gasteiger partial charge in [-0.2, -0.15) is 0 Å². The van der Waals surface area contributed by atoms with Crippen LogP contribution in [0.15, 0.2) is 5.16 Å². The lowest BCUT2D eigenvalue weighted by Crippen LogP contribution is -2.48. The van der Waals surface area contributed by atoms with Gasteiger partial charge < -0.3 is 20.9 Å². The first kappa shape index (κ1) is 13.7. The zero-order valence-electron chi connectivity index (χ0n) is 9.40. The van der Waals surface area contributed by atoms with Crippen molar-refractivity contribution < 1.29 is 15.1 Å². The van der Waals surface area contributed by atoms with Gasteiger partial charge in [-0.15, -0.1) is 0 Å². The van der Waals surface area contributed by atoms with E-state index < -0.39 is 5.41 Å². The molecule has 0 saturated heterocycles. The second kappa shape index (κ2) is 5.55. The molecule has 0 fully saturated rings. The summed E-state index contributed by atoms with van der Waals surface area (Å²) in [6.45, 7) is 5.57. The molecule has 88 valence electrons. The van der Waals surface area contributed by atoms with Crippen LogP contribution in [0, 0.1) is 5.41 Å². The molecule has 0 rings (SSSR count). The van der Waals surface area contributed by atoms with Crippen molar-refractivity contribution in [3.8, 4) is 0 Å². The minimum absolute atomic E-state index is 0.105. The maximum atomic E-state index is 11.9.